The second kappa shape index (κ2) is 13.5. The van der Waals surface area contributed by atoms with Crippen molar-refractivity contribution in [1.82, 2.24) is 9.80 Å². The monoisotopic (exact) mass is 498 g/mol. The number of amides is 1. The van der Waals surface area contributed by atoms with E-state index >= 15 is 0 Å². The van der Waals surface area contributed by atoms with Crippen molar-refractivity contribution in [3.05, 3.63) is 0 Å². The van der Waals surface area contributed by atoms with Crippen molar-refractivity contribution in [3.63, 3.8) is 0 Å². The van der Waals surface area contributed by atoms with Crippen LogP contribution in [0.1, 0.15) is 161 Å². The minimum atomic E-state index is 0.301. The molecule has 0 aromatic rings. The summed E-state index contributed by atoms with van der Waals surface area (Å²) in [4.78, 5) is 20.0. The maximum atomic E-state index is 14.4. The molecule has 5 rings (SSSR count). The molecule has 0 heterocycles. The summed E-state index contributed by atoms with van der Waals surface area (Å²) in [5.74, 6) is 1.61. The summed E-state index contributed by atoms with van der Waals surface area (Å²) in [6, 6.07) is 3.38. The molecular formula is C33H58N2O. The van der Waals surface area contributed by atoms with Crippen LogP contribution in [0.2, 0.25) is 0 Å². The topological polar surface area (TPSA) is 23.6 Å². The Labute approximate surface area is 223 Å². The number of nitrogens with zero attached hydrogens (tertiary/aromatic N) is 2. The number of hydrogen-bond donors (Lipinski definition) is 0. The highest BCUT2D eigenvalue weighted by Crippen LogP contribution is 2.41. The molecule has 1 amide bonds. The van der Waals surface area contributed by atoms with Gasteiger partial charge in [0.15, 0.2) is 0 Å². The van der Waals surface area contributed by atoms with E-state index < -0.39 is 0 Å². The second-order valence-corrected chi connectivity index (χ2v) is 13.7. The number of hydrogen-bond acceptors (Lipinski definition) is 2. The van der Waals surface area contributed by atoms with Crippen LogP contribution in [-0.2, 0) is 4.79 Å². The molecule has 0 spiro atoms. The van der Waals surface area contributed by atoms with Gasteiger partial charge in [-0.3, -0.25) is 9.69 Å². The summed E-state index contributed by atoms with van der Waals surface area (Å²) < 4.78 is 0. The molecule has 0 aliphatic heterocycles. The zero-order valence-electron chi connectivity index (χ0n) is 23.8. The van der Waals surface area contributed by atoms with Crippen LogP contribution in [0, 0.1) is 11.8 Å². The Bertz CT molecular complexity index is 619. The molecule has 3 heteroatoms. The Hall–Kier alpha value is -0.570. The third-order valence-electron chi connectivity index (χ3n) is 11.4. The molecule has 5 aliphatic carbocycles. The van der Waals surface area contributed by atoms with Gasteiger partial charge in [-0.1, -0.05) is 83.5 Å². The SMILES string of the molecule is CC(C1CCCC(C(=O)N(C2CCCCC2)C2CCCCC2)C1)N(C1CCCCC1)C1CCCCC1. The van der Waals surface area contributed by atoms with Gasteiger partial charge in [-0.2, -0.15) is 0 Å². The summed E-state index contributed by atoms with van der Waals surface area (Å²) in [5.41, 5.74) is 0. The molecule has 0 N–H and O–H groups in total. The maximum absolute atomic E-state index is 14.4. The Balaban J connectivity index is 1.29. The van der Waals surface area contributed by atoms with E-state index in [0.29, 0.717) is 30.0 Å². The largest absolute Gasteiger partial charge is 0.336 e. The van der Waals surface area contributed by atoms with Gasteiger partial charge in [0.25, 0.3) is 0 Å². The Morgan fingerprint density at radius 1 is 0.528 bits per heavy atom. The van der Waals surface area contributed by atoms with Crippen LogP contribution in [0.25, 0.3) is 0 Å². The van der Waals surface area contributed by atoms with Gasteiger partial charge in [-0.15, -0.1) is 0 Å². The quantitative estimate of drug-likeness (QED) is 0.350. The molecule has 206 valence electrons. The van der Waals surface area contributed by atoms with E-state index in [9.17, 15) is 4.79 Å². The zero-order chi connectivity index (χ0) is 24.7. The van der Waals surface area contributed by atoms with Crippen molar-refractivity contribution in [2.24, 2.45) is 11.8 Å². The molecule has 0 saturated heterocycles. The van der Waals surface area contributed by atoms with Gasteiger partial charge >= 0.3 is 0 Å². The first-order valence-electron chi connectivity index (χ1n) is 16.8. The fourth-order valence-electron chi connectivity index (χ4n) is 9.44. The van der Waals surface area contributed by atoms with Crippen molar-refractivity contribution in [2.75, 3.05) is 0 Å². The van der Waals surface area contributed by atoms with Crippen LogP contribution in [0.4, 0.5) is 0 Å². The second-order valence-electron chi connectivity index (χ2n) is 13.7. The van der Waals surface area contributed by atoms with Gasteiger partial charge in [0.2, 0.25) is 5.91 Å². The lowest BCUT2D eigenvalue weighted by Gasteiger charge is -2.49. The Morgan fingerprint density at radius 3 is 1.39 bits per heavy atom. The number of carbonyl (C=O) groups is 1. The smallest absolute Gasteiger partial charge is 0.226 e. The summed E-state index contributed by atoms with van der Waals surface area (Å²) in [6.07, 6.45) is 32.5. The summed E-state index contributed by atoms with van der Waals surface area (Å²) in [7, 11) is 0. The molecule has 36 heavy (non-hydrogen) atoms. The maximum Gasteiger partial charge on any atom is 0.226 e. The van der Waals surface area contributed by atoms with Crippen LogP contribution in [0.5, 0.6) is 0 Å². The molecule has 0 aromatic carbocycles. The van der Waals surface area contributed by atoms with Gasteiger partial charge < -0.3 is 4.90 Å². The minimum Gasteiger partial charge on any atom is -0.336 e. The first-order valence-corrected chi connectivity index (χ1v) is 16.8. The third kappa shape index (κ3) is 6.52. The van der Waals surface area contributed by atoms with Gasteiger partial charge in [-0.25, -0.2) is 0 Å². The van der Waals surface area contributed by atoms with Crippen molar-refractivity contribution in [3.8, 4) is 0 Å². The lowest BCUT2D eigenvalue weighted by atomic mass is 9.75. The van der Waals surface area contributed by atoms with Crippen LogP contribution >= 0.6 is 0 Å². The average Bonchev–Trinajstić information content (AvgIpc) is 2.96. The van der Waals surface area contributed by atoms with Crippen LogP contribution < -0.4 is 0 Å². The highest BCUT2D eigenvalue weighted by atomic mass is 16.2. The zero-order valence-corrected chi connectivity index (χ0v) is 23.8. The first-order chi connectivity index (χ1) is 17.7. The van der Waals surface area contributed by atoms with E-state index in [1.54, 1.807) is 0 Å². The van der Waals surface area contributed by atoms with Crippen LogP contribution in [0.15, 0.2) is 0 Å². The molecule has 0 radical (unpaired) electrons. The molecular weight excluding hydrogens is 440 g/mol. The van der Waals surface area contributed by atoms with E-state index in [1.807, 2.05) is 0 Å². The van der Waals surface area contributed by atoms with Crippen molar-refractivity contribution >= 4 is 5.91 Å². The van der Waals surface area contributed by atoms with E-state index in [-0.39, 0.29) is 0 Å². The van der Waals surface area contributed by atoms with Gasteiger partial charge in [0.1, 0.15) is 0 Å². The normalized spacial score (nSPS) is 31.4. The van der Waals surface area contributed by atoms with E-state index in [1.165, 1.54) is 148 Å². The number of carbonyl (C=O) groups excluding carboxylic acids is 1. The summed E-state index contributed by atoms with van der Waals surface area (Å²) in [6.45, 7) is 2.58. The fraction of sp³-hybridized carbons (Fsp3) is 0.970. The van der Waals surface area contributed by atoms with Crippen molar-refractivity contribution in [1.29, 1.82) is 0 Å². The molecule has 5 saturated carbocycles. The standard InChI is InChI=1S/C33H58N2O/c1-26(34(29-17-6-2-7-18-29)30-19-8-3-9-20-30)27-15-14-16-28(25-27)33(36)35(31-21-10-4-11-22-31)32-23-12-5-13-24-32/h26-32H,2-25H2,1H3. The molecule has 3 atom stereocenters. The molecule has 0 bridgehead atoms. The fourth-order valence-corrected chi connectivity index (χ4v) is 9.44. The number of rotatable bonds is 7. The van der Waals surface area contributed by atoms with Crippen LogP contribution in [-0.4, -0.2) is 45.9 Å². The van der Waals surface area contributed by atoms with Crippen LogP contribution in [0.3, 0.4) is 0 Å². The average molecular weight is 499 g/mol. The van der Waals surface area contributed by atoms with E-state index in [0.717, 1.165) is 24.4 Å². The Morgan fingerprint density at radius 2 is 0.944 bits per heavy atom. The van der Waals surface area contributed by atoms with Crippen molar-refractivity contribution in [2.45, 2.75) is 191 Å². The highest BCUT2D eigenvalue weighted by molar-refractivity contribution is 5.79. The van der Waals surface area contributed by atoms with E-state index in [4.69, 9.17) is 0 Å². The van der Waals surface area contributed by atoms with Gasteiger partial charge in [0, 0.05) is 36.1 Å². The van der Waals surface area contributed by atoms with Gasteiger partial charge in [0.05, 0.1) is 0 Å². The van der Waals surface area contributed by atoms with Gasteiger partial charge in [-0.05, 0) is 83.5 Å². The van der Waals surface area contributed by atoms with Crippen molar-refractivity contribution < 1.29 is 4.79 Å². The Kier molecular flexibility index (Phi) is 10.1. The van der Waals surface area contributed by atoms with E-state index in [2.05, 4.69) is 16.7 Å². The third-order valence-corrected chi connectivity index (χ3v) is 11.4. The molecule has 5 aliphatic rings. The molecule has 3 unspecified atom stereocenters. The first kappa shape index (κ1) is 27.0. The summed E-state index contributed by atoms with van der Waals surface area (Å²) >= 11 is 0. The molecule has 5 fully saturated rings. The lowest BCUT2D eigenvalue weighted by Crippen LogP contribution is -2.54. The minimum absolute atomic E-state index is 0.301. The highest BCUT2D eigenvalue weighted by Gasteiger charge is 2.41. The molecule has 0 aromatic heterocycles. The lowest BCUT2D eigenvalue weighted by molar-refractivity contribution is -0.144. The summed E-state index contributed by atoms with van der Waals surface area (Å²) in [5, 5.41) is 0. The predicted octanol–water partition coefficient (Wildman–Crippen LogP) is 8.64. The molecule has 3 nitrogen and oxygen atoms in total. The predicted molar refractivity (Wildman–Crippen MR) is 151 cm³/mol.